The van der Waals surface area contributed by atoms with Crippen molar-refractivity contribution in [2.24, 2.45) is 5.92 Å². The molecule has 0 aromatic rings. The lowest BCUT2D eigenvalue weighted by atomic mass is 10.1. The summed E-state index contributed by atoms with van der Waals surface area (Å²) < 4.78 is 0. The number of rotatable bonds is 9. The third-order valence-electron chi connectivity index (χ3n) is 2.72. The van der Waals surface area contributed by atoms with Crippen LogP contribution in [0.1, 0.15) is 39.5 Å². The Bertz CT molecular complexity index is 132. The first-order valence-electron chi connectivity index (χ1n) is 6.35. The van der Waals surface area contributed by atoms with E-state index in [0.29, 0.717) is 0 Å². The van der Waals surface area contributed by atoms with Crippen LogP contribution in [0.15, 0.2) is 0 Å². The van der Waals surface area contributed by atoms with E-state index >= 15 is 0 Å². The molecule has 0 bridgehead atoms. The van der Waals surface area contributed by atoms with Crippen molar-refractivity contribution in [2.45, 2.75) is 39.5 Å². The fourth-order valence-electron chi connectivity index (χ4n) is 1.70. The number of unbranched alkanes of at least 4 members (excludes halogenated alkanes) is 1. The van der Waals surface area contributed by atoms with Crippen LogP contribution in [0.25, 0.3) is 0 Å². The summed E-state index contributed by atoms with van der Waals surface area (Å²) in [5.41, 5.74) is 0. The van der Waals surface area contributed by atoms with Gasteiger partial charge in [-0.15, -0.1) is 0 Å². The molecule has 2 heteroatoms. The third-order valence-corrected chi connectivity index (χ3v) is 2.72. The molecule has 0 amide bonds. The quantitative estimate of drug-likeness (QED) is 0.545. The van der Waals surface area contributed by atoms with Crippen molar-refractivity contribution in [3.8, 4) is 0 Å². The largest absolute Gasteiger partial charge is 0.309 e. The van der Waals surface area contributed by atoms with E-state index in [1.807, 2.05) is 0 Å². The summed E-state index contributed by atoms with van der Waals surface area (Å²) in [4.78, 5) is 4.72. The van der Waals surface area contributed by atoms with Gasteiger partial charge >= 0.3 is 0 Å². The maximum absolute atomic E-state index is 2.46. The standard InChI is InChI=1S/C13H30N2/c1-13(2)9-6-7-11-15(5)12-8-10-14(3)4/h13H,6-12H2,1-5H3. The summed E-state index contributed by atoms with van der Waals surface area (Å²) in [5, 5.41) is 0. The molecule has 92 valence electrons. The van der Waals surface area contributed by atoms with Gasteiger partial charge in [0.05, 0.1) is 0 Å². The highest BCUT2D eigenvalue weighted by atomic mass is 15.1. The molecule has 0 aliphatic carbocycles. The molecule has 0 aliphatic rings. The zero-order valence-electron chi connectivity index (χ0n) is 11.4. The first-order valence-corrected chi connectivity index (χ1v) is 6.35. The van der Waals surface area contributed by atoms with Gasteiger partial charge in [0.2, 0.25) is 0 Å². The van der Waals surface area contributed by atoms with Gasteiger partial charge in [-0.3, -0.25) is 0 Å². The Labute approximate surface area is 96.6 Å². The molecule has 0 radical (unpaired) electrons. The Morgan fingerprint density at radius 3 is 1.93 bits per heavy atom. The minimum Gasteiger partial charge on any atom is -0.309 e. The smallest absolute Gasteiger partial charge is 0.000960 e. The molecule has 0 saturated carbocycles. The van der Waals surface area contributed by atoms with Gasteiger partial charge < -0.3 is 9.80 Å². The topological polar surface area (TPSA) is 6.48 Å². The average molecular weight is 214 g/mol. The molecule has 0 spiro atoms. The van der Waals surface area contributed by atoms with Crippen LogP contribution in [0.3, 0.4) is 0 Å². The third kappa shape index (κ3) is 11.8. The molecule has 0 aromatic heterocycles. The second kappa shape index (κ2) is 9.17. The first-order chi connectivity index (χ1) is 7.02. The summed E-state index contributed by atoms with van der Waals surface area (Å²) in [5.74, 6) is 0.865. The van der Waals surface area contributed by atoms with Gasteiger partial charge in [-0.25, -0.2) is 0 Å². The Hall–Kier alpha value is -0.0800. The predicted molar refractivity (Wildman–Crippen MR) is 69.4 cm³/mol. The normalized spacial score (nSPS) is 12.0. The number of hydrogen-bond donors (Lipinski definition) is 0. The van der Waals surface area contributed by atoms with Crippen molar-refractivity contribution in [1.29, 1.82) is 0 Å². The molecule has 2 nitrogen and oxygen atoms in total. The molecule has 0 fully saturated rings. The Kier molecular flexibility index (Phi) is 9.12. The summed E-state index contributed by atoms with van der Waals surface area (Å²) in [7, 11) is 6.52. The van der Waals surface area contributed by atoms with E-state index in [9.17, 15) is 0 Å². The lowest BCUT2D eigenvalue weighted by Gasteiger charge is -2.18. The summed E-state index contributed by atoms with van der Waals surface area (Å²) in [6.45, 7) is 8.32. The van der Waals surface area contributed by atoms with Gasteiger partial charge in [0, 0.05) is 0 Å². The average Bonchev–Trinajstić information content (AvgIpc) is 2.11. The molecule has 0 aliphatic heterocycles. The van der Waals surface area contributed by atoms with Crippen molar-refractivity contribution < 1.29 is 0 Å². The highest BCUT2D eigenvalue weighted by Gasteiger charge is 1.99. The Morgan fingerprint density at radius 1 is 0.800 bits per heavy atom. The number of nitrogens with zero attached hydrogens (tertiary/aromatic N) is 2. The van der Waals surface area contributed by atoms with Gasteiger partial charge in [0.1, 0.15) is 0 Å². The zero-order chi connectivity index (χ0) is 11.7. The fraction of sp³-hybridized carbons (Fsp3) is 1.00. The van der Waals surface area contributed by atoms with E-state index in [1.54, 1.807) is 0 Å². The first kappa shape index (κ1) is 14.9. The van der Waals surface area contributed by atoms with Gasteiger partial charge in [0.25, 0.3) is 0 Å². The van der Waals surface area contributed by atoms with Crippen LogP contribution in [-0.4, -0.2) is 50.6 Å². The van der Waals surface area contributed by atoms with Crippen LogP contribution >= 0.6 is 0 Å². The summed E-state index contributed by atoms with van der Waals surface area (Å²) >= 11 is 0. The second-order valence-electron chi connectivity index (χ2n) is 5.35. The minimum absolute atomic E-state index is 0.865. The van der Waals surface area contributed by atoms with Crippen LogP contribution in [0.2, 0.25) is 0 Å². The number of hydrogen-bond acceptors (Lipinski definition) is 2. The van der Waals surface area contributed by atoms with E-state index < -0.39 is 0 Å². The fourth-order valence-corrected chi connectivity index (χ4v) is 1.70. The second-order valence-corrected chi connectivity index (χ2v) is 5.35. The molecule has 0 N–H and O–H groups in total. The molecular weight excluding hydrogens is 184 g/mol. The van der Waals surface area contributed by atoms with E-state index in [-0.39, 0.29) is 0 Å². The Balaban J connectivity index is 3.22. The minimum atomic E-state index is 0.865. The Morgan fingerprint density at radius 2 is 1.40 bits per heavy atom. The van der Waals surface area contributed by atoms with Crippen LogP contribution in [0.5, 0.6) is 0 Å². The highest BCUT2D eigenvalue weighted by molar-refractivity contribution is 4.55. The van der Waals surface area contributed by atoms with Crippen molar-refractivity contribution >= 4 is 0 Å². The summed E-state index contributed by atoms with van der Waals surface area (Å²) in [6, 6.07) is 0. The van der Waals surface area contributed by atoms with Crippen LogP contribution < -0.4 is 0 Å². The molecule has 0 saturated heterocycles. The van der Waals surface area contributed by atoms with Crippen LogP contribution in [-0.2, 0) is 0 Å². The van der Waals surface area contributed by atoms with E-state index in [1.165, 1.54) is 45.3 Å². The van der Waals surface area contributed by atoms with Crippen LogP contribution in [0, 0.1) is 5.92 Å². The maximum Gasteiger partial charge on any atom is -0.000960 e. The predicted octanol–water partition coefficient (Wildman–Crippen LogP) is 2.70. The highest BCUT2D eigenvalue weighted by Crippen LogP contribution is 2.06. The van der Waals surface area contributed by atoms with Gasteiger partial charge in [-0.1, -0.05) is 26.7 Å². The molecule has 0 atom stereocenters. The van der Waals surface area contributed by atoms with E-state index in [4.69, 9.17) is 0 Å². The summed E-state index contributed by atoms with van der Waals surface area (Å²) in [6.07, 6.45) is 5.41. The molecule has 0 heterocycles. The van der Waals surface area contributed by atoms with Crippen molar-refractivity contribution in [3.05, 3.63) is 0 Å². The maximum atomic E-state index is 2.46. The molecule has 0 unspecified atom stereocenters. The van der Waals surface area contributed by atoms with E-state index in [2.05, 4.69) is 44.8 Å². The lowest BCUT2D eigenvalue weighted by Crippen LogP contribution is -2.24. The van der Waals surface area contributed by atoms with Crippen molar-refractivity contribution in [1.82, 2.24) is 9.80 Å². The lowest BCUT2D eigenvalue weighted by molar-refractivity contribution is 0.292. The molecular formula is C13H30N2. The van der Waals surface area contributed by atoms with Gasteiger partial charge in [-0.2, -0.15) is 0 Å². The monoisotopic (exact) mass is 214 g/mol. The van der Waals surface area contributed by atoms with Crippen molar-refractivity contribution in [2.75, 3.05) is 40.8 Å². The molecule has 0 aromatic carbocycles. The SMILES string of the molecule is CC(C)CCCCN(C)CCCN(C)C. The molecule has 0 rings (SSSR count). The van der Waals surface area contributed by atoms with Gasteiger partial charge in [0.15, 0.2) is 0 Å². The van der Waals surface area contributed by atoms with Crippen molar-refractivity contribution in [3.63, 3.8) is 0 Å². The molecule has 15 heavy (non-hydrogen) atoms. The van der Waals surface area contributed by atoms with Gasteiger partial charge in [-0.05, 0) is 59.5 Å². The zero-order valence-corrected chi connectivity index (χ0v) is 11.4. The van der Waals surface area contributed by atoms with Crippen LogP contribution in [0.4, 0.5) is 0 Å². The van der Waals surface area contributed by atoms with E-state index in [0.717, 1.165) is 5.92 Å².